The van der Waals surface area contributed by atoms with Crippen molar-refractivity contribution in [2.45, 2.75) is 25.4 Å². The van der Waals surface area contributed by atoms with Crippen molar-refractivity contribution < 1.29 is 9.53 Å². The molecule has 1 saturated heterocycles. The lowest BCUT2D eigenvalue weighted by Gasteiger charge is -2.23. The Bertz CT molecular complexity index is 447. The second kappa shape index (κ2) is 7.17. The summed E-state index contributed by atoms with van der Waals surface area (Å²) in [6.07, 6.45) is 2.81. The van der Waals surface area contributed by atoms with E-state index in [9.17, 15) is 4.79 Å². The van der Waals surface area contributed by atoms with Crippen LogP contribution >= 0.6 is 23.4 Å². The molecule has 0 amide bonds. The molecule has 1 aromatic carbocycles. The highest BCUT2D eigenvalue weighted by atomic mass is 35.5. The van der Waals surface area contributed by atoms with Crippen molar-refractivity contribution in [3.63, 3.8) is 0 Å². The Balaban J connectivity index is 2.04. The minimum absolute atomic E-state index is 0.0178. The van der Waals surface area contributed by atoms with Crippen LogP contribution in [0.4, 0.5) is 0 Å². The first-order valence-corrected chi connectivity index (χ1v) is 8.01. The number of thioether (sulfide) groups is 1. The number of rotatable bonds is 5. The van der Waals surface area contributed by atoms with Gasteiger partial charge in [-0.15, -0.1) is 0 Å². The largest absolute Gasteiger partial charge is 0.488 e. The van der Waals surface area contributed by atoms with E-state index < -0.39 is 0 Å². The zero-order chi connectivity index (χ0) is 13.7. The molecular formula is C14H18ClNO2S. The normalized spacial score (nSPS) is 19.2. The fourth-order valence-electron chi connectivity index (χ4n) is 2.03. The Morgan fingerprint density at radius 2 is 2.37 bits per heavy atom. The first-order chi connectivity index (χ1) is 9.20. The number of carbonyl (C=O) groups is 1. The number of benzene rings is 1. The molecule has 5 heteroatoms. The van der Waals surface area contributed by atoms with E-state index in [1.165, 1.54) is 12.2 Å². The number of ketones is 1. The second-order valence-corrected chi connectivity index (χ2v) is 6.12. The lowest BCUT2D eigenvalue weighted by Crippen LogP contribution is -2.23. The number of Topliss-reactive ketones (excluding diaryl/α,β-unsaturated/α-hetero) is 1. The van der Waals surface area contributed by atoms with Crippen LogP contribution in [0, 0.1) is 0 Å². The first kappa shape index (κ1) is 14.7. The molecule has 1 aliphatic rings. The van der Waals surface area contributed by atoms with Crippen molar-refractivity contribution in [2.24, 2.45) is 5.73 Å². The summed E-state index contributed by atoms with van der Waals surface area (Å²) in [6, 6.07) is 5.21. The van der Waals surface area contributed by atoms with E-state index in [1.54, 1.807) is 18.2 Å². The Labute approximate surface area is 122 Å². The lowest BCUT2D eigenvalue weighted by atomic mass is 10.1. The molecule has 0 aliphatic carbocycles. The van der Waals surface area contributed by atoms with E-state index in [0.717, 1.165) is 12.2 Å². The van der Waals surface area contributed by atoms with Crippen LogP contribution in [0.15, 0.2) is 18.2 Å². The SMILES string of the molecule is NCCC(=O)c1ccc(OC2CCCSC2)c(Cl)c1. The highest BCUT2D eigenvalue weighted by molar-refractivity contribution is 7.99. The van der Waals surface area contributed by atoms with Gasteiger partial charge < -0.3 is 10.5 Å². The first-order valence-electron chi connectivity index (χ1n) is 6.48. The summed E-state index contributed by atoms with van der Waals surface area (Å²) in [7, 11) is 0. The third kappa shape index (κ3) is 4.13. The molecule has 0 aromatic heterocycles. The van der Waals surface area contributed by atoms with E-state index >= 15 is 0 Å². The summed E-state index contributed by atoms with van der Waals surface area (Å²) < 4.78 is 5.89. The summed E-state index contributed by atoms with van der Waals surface area (Å²) in [4.78, 5) is 11.7. The van der Waals surface area contributed by atoms with Gasteiger partial charge in [-0.25, -0.2) is 0 Å². The molecule has 1 aliphatic heterocycles. The highest BCUT2D eigenvalue weighted by Crippen LogP contribution is 2.29. The van der Waals surface area contributed by atoms with E-state index in [2.05, 4.69) is 0 Å². The summed E-state index contributed by atoms with van der Waals surface area (Å²) in [5.41, 5.74) is 5.98. The van der Waals surface area contributed by atoms with Crippen LogP contribution in [0.25, 0.3) is 0 Å². The van der Waals surface area contributed by atoms with Crippen molar-refractivity contribution in [1.82, 2.24) is 0 Å². The van der Waals surface area contributed by atoms with E-state index in [0.29, 0.717) is 29.3 Å². The van der Waals surface area contributed by atoms with Crippen LogP contribution in [-0.4, -0.2) is 29.9 Å². The van der Waals surface area contributed by atoms with Crippen molar-refractivity contribution in [2.75, 3.05) is 18.1 Å². The third-order valence-corrected chi connectivity index (χ3v) is 4.52. The summed E-state index contributed by atoms with van der Waals surface area (Å²) in [6.45, 7) is 0.355. The van der Waals surface area contributed by atoms with Crippen LogP contribution < -0.4 is 10.5 Å². The molecule has 0 saturated carbocycles. The van der Waals surface area contributed by atoms with Gasteiger partial charge in [0, 0.05) is 17.7 Å². The average Bonchev–Trinajstić information content (AvgIpc) is 2.42. The monoisotopic (exact) mass is 299 g/mol. The molecule has 2 N–H and O–H groups in total. The maximum Gasteiger partial charge on any atom is 0.164 e. The molecule has 1 fully saturated rings. The molecule has 2 rings (SSSR count). The maximum atomic E-state index is 11.7. The molecule has 0 radical (unpaired) electrons. The topological polar surface area (TPSA) is 52.3 Å². The zero-order valence-electron chi connectivity index (χ0n) is 10.7. The maximum absolute atomic E-state index is 11.7. The van der Waals surface area contributed by atoms with Gasteiger partial charge in [0.2, 0.25) is 0 Å². The van der Waals surface area contributed by atoms with Gasteiger partial charge in [0.25, 0.3) is 0 Å². The number of hydrogen-bond donors (Lipinski definition) is 1. The molecular weight excluding hydrogens is 282 g/mol. The number of hydrogen-bond acceptors (Lipinski definition) is 4. The van der Waals surface area contributed by atoms with Crippen molar-refractivity contribution in [1.29, 1.82) is 0 Å². The van der Waals surface area contributed by atoms with E-state index in [-0.39, 0.29) is 11.9 Å². The fraction of sp³-hybridized carbons (Fsp3) is 0.500. The predicted octanol–water partition coefficient (Wildman–Crippen LogP) is 3.15. The van der Waals surface area contributed by atoms with Gasteiger partial charge in [0.05, 0.1) is 5.02 Å². The van der Waals surface area contributed by atoms with E-state index in [1.807, 2.05) is 11.8 Å². The molecule has 0 bridgehead atoms. The molecule has 1 aromatic rings. The number of halogens is 1. The van der Waals surface area contributed by atoms with Gasteiger partial charge in [-0.2, -0.15) is 11.8 Å². The van der Waals surface area contributed by atoms with Crippen LogP contribution in [0.5, 0.6) is 5.75 Å². The van der Waals surface area contributed by atoms with Crippen LogP contribution in [0.1, 0.15) is 29.6 Å². The van der Waals surface area contributed by atoms with Crippen LogP contribution in [0.3, 0.4) is 0 Å². The average molecular weight is 300 g/mol. The second-order valence-electron chi connectivity index (χ2n) is 4.56. The van der Waals surface area contributed by atoms with Gasteiger partial charge >= 0.3 is 0 Å². The standard InChI is InChI=1S/C14H18ClNO2S/c15-12-8-10(13(17)5-6-16)3-4-14(12)18-11-2-1-7-19-9-11/h3-4,8,11H,1-2,5-7,9,16H2. The van der Waals surface area contributed by atoms with Crippen LogP contribution in [0.2, 0.25) is 5.02 Å². The molecule has 19 heavy (non-hydrogen) atoms. The minimum atomic E-state index is 0.0178. The van der Waals surface area contributed by atoms with Gasteiger partial charge in [-0.1, -0.05) is 11.6 Å². The quantitative estimate of drug-likeness (QED) is 0.849. The van der Waals surface area contributed by atoms with Gasteiger partial charge in [-0.05, 0) is 43.3 Å². The molecule has 104 valence electrons. The Morgan fingerprint density at radius 1 is 1.53 bits per heavy atom. The molecule has 1 heterocycles. The Morgan fingerprint density at radius 3 is 3.00 bits per heavy atom. The fourth-order valence-corrected chi connectivity index (χ4v) is 3.29. The Kier molecular flexibility index (Phi) is 5.55. The summed E-state index contributed by atoms with van der Waals surface area (Å²) in [5.74, 6) is 2.90. The number of nitrogens with two attached hydrogens (primary N) is 1. The lowest BCUT2D eigenvalue weighted by molar-refractivity contribution is 0.0985. The van der Waals surface area contributed by atoms with Gasteiger partial charge in [0.1, 0.15) is 11.9 Å². The minimum Gasteiger partial charge on any atom is -0.488 e. The van der Waals surface area contributed by atoms with Crippen molar-refractivity contribution in [3.8, 4) is 5.75 Å². The smallest absolute Gasteiger partial charge is 0.164 e. The van der Waals surface area contributed by atoms with Crippen LogP contribution in [-0.2, 0) is 0 Å². The third-order valence-electron chi connectivity index (χ3n) is 3.04. The molecule has 1 unspecified atom stereocenters. The zero-order valence-corrected chi connectivity index (χ0v) is 12.3. The predicted molar refractivity (Wildman–Crippen MR) is 80.4 cm³/mol. The Hall–Kier alpha value is -0.710. The summed E-state index contributed by atoms with van der Waals surface area (Å²) in [5, 5.41) is 0.499. The molecule has 0 spiro atoms. The van der Waals surface area contributed by atoms with E-state index in [4.69, 9.17) is 22.1 Å². The van der Waals surface area contributed by atoms with Crippen molar-refractivity contribution >= 4 is 29.1 Å². The van der Waals surface area contributed by atoms with Gasteiger partial charge in [-0.3, -0.25) is 4.79 Å². The number of carbonyl (C=O) groups excluding carboxylic acids is 1. The molecule has 1 atom stereocenters. The molecule has 3 nitrogen and oxygen atoms in total. The summed E-state index contributed by atoms with van der Waals surface area (Å²) >= 11 is 8.08. The number of ether oxygens (including phenoxy) is 1. The highest BCUT2D eigenvalue weighted by Gasteiger charge is 2.17. The van der Waals surface area contributed by atoms with Crippen molar-refractivity contribution in [3.05, 3.63) is 28.8 Å². The van der Waals surface area contributed by atoms with Gasteiger partial charge in [0.15, 0.2) is 5.78 Å².